The van der Waals surface area contributed by atoms with E-state index in [1.807, 2.05) is 6.20 Å². The molecule has 0 amide bonds. The quantitative estimate of drug-likeness (QED) is 0.873. The van der Waals surface area contributed by atoms with E-state index < -0.39 is 0 Å². The first-order valence-electron chi connectivity index (χ1n) is 10.0. The SMILES string of the molecule is CCN1CC[C@H](CN2CCOC3(CCN(Cc4cnc[nH]4)CC3)C2)C1. The number of imidazole rings is 1. The van der Waals surface area contributed by atoms with Crippen LogP contribution < -0.4 is 0 Å². The molecule has 6 heteroatoms. The number of piperidine rings is 1. The van der Waals surface area contributed by atoms with Crippen molar-refractivity contribution < 1.29 is 4.74 Å². The van der Waals surface area contributed by atoms with E-state index in [9.17, 15) is 0 Å². The summed E-state index contributed by atoms with van der Waals surface area (Å²) in [6, 6.07) is 0. The van der Waals surface area contributed by atoms with E-state index in [0.717, 1.165) is 58.1 Å². The molecular formula is C19H33N5O. The summed E-state index contributed by atoms with van der Waals surface area (Å²) in [6.45, 7) is 13.7. The predicted molar refractivity (Wildman–Crippen MR) is 98.4 cm³/mol. The van der Waals surface area contributed by atoms with Crippen LogP contribution in [0.3, 0.4) is 0 Å². The third-order valence-corrected chi connectivity index (χ3v) is 6.38. The Morgan fingerprint density at radius 3 is 2.80 bits per heavy atom. The Morgan fingerprint density at radius 1 is 1.20 bits per heavy atom. The van der Waals surface area contributed by atoms with Crippen molar-refractivity contribution in [1.29, 1.82) is 0 Å². The fraction of sp³-hybridized carbons (Fsp3) is 0.842. The Morgan fingerprint density at radius 2 is 2.08 bits per heavy atom. The molecule has 6 nitrogen and oxygen atoms in total. The number of ether oxygens (including phenoxy) is 1. The number of morpholine rings is 1. The Hall–Kier alpha value is -0.950. The molecule has 25 heavy (non-hydrogen) atoms. The molecule has 0 radical (unpaired) electrons. The number of hydrogen-bond acceptors (Lipinski definition) is 5. The zero-order valence-electron chi connectivity index (χ0n) is 15.6. The average Bonchev–Trinajstić information content (AvgIpc) is 3.29. The molecule has 3 aliphatic rings. The molecule has 4 heterocycles. The van der Waals surface area contributed by atoms with Crippen molar-refractivity contribution in [2.24, 2.45) is 5.92 Å². The van der Waals surface area contributed by atoms with Crippen molar-refractivity contribution >= 4 is 0 Å². The summed E-state index contributed by atoms with van der Waals surface area (Å²) in [4.78, 5) is 15.1. The Balaban J connectivity index is 1.26. The summed E-state index contributed by atoms with van der Waals surface area (Å²) in [5.74, 6) is 0.857. The van der Waals surface area contributed by atoms with E-state index in [2.05, 4.69) is 31.6 Å². The highest BCUT2D eigenvalue weighted by Crippen LogP contribution is 2.31. The Labute approximate surface area is 151 Å². The highest BCUT2D eigenvalue weighted by molar-refractivity contribution is 4.98. The van der Waals surface area contributed by atoms with Crippen molar-refractivity contribution in [2.45, 2.75) is 38.3 Å². The molecule has 0 aromatic carbocycles. The number of aromatic nitrogens is 2. The van der Waals surface area contributed by atoms with Crippen LogP contribution in [-0.4, -0.2) is 89.2 Å². The van der Waals surface area contributed by atoms with Gasteiger partial charge in [-0.3, -0.25) is 9.80 Å². The zero-order chi connectivity index (χ0) is 17.1. The minimum absolute atomic E-state index is 0.103. The fourth-order valence-electron chi connectivity index (χ4n) is 4.83. The van der Waals surface area contributed by atoms with Crippen LogP contribution >= 0.6 is 0 Å². The number of nitrogens with one attached hydrogen (secondary N) is 1. The van der Waals surface area contributed by atoms with Crippen molar-refractivity contribution in [2.75, 3.05) is 59.0 Å². The summed E-state index contributed by atoms with van der Waals surface area (Å²) in [5, 5.41) is 0. The molecule has 3 saturated heterocycles. The molecule has 0 bridgehead atoms. The topological polar surface area (TPSA) is 47.6 Å². The van der Waals surface area contributed by atoms with Crippen molar-refractivity contribution in [1.82, 2.24) is 24.7 Å². The smallest absolute Gasteiger partial charge is 0.0922 e. The van der Waals surface area contributed by atoms with Crippen LogP contribution in [0.5, 0.6) is 0 Å². The second-order valence-corrected chi connectivity index (χ2v) is 8.17. The van der Waals surface area contributed by atoms with Crippen LogP contribution in [-0.2, 0) is 11.3 Å². The molecule has 0 aliphatic carbocycles. The first-order valence-corrected chi connectivity index (χ1v) is 10.0. The molecule has 140 valence electrons. The van der Waals surface area contributed by atoms with Crippen LogP contribution in [0.15, 0.2) is 12.5 Å². The summed E-state index contributed by atoms with van der Waals surface area (Å²) in [6.07, 6.45) is 7.39. The summed E-state index contributed by atoms with van der Waals surface area (Å²) >= 11 is 0. The number of aromatic amines is 1. The third-order valence-electron chi connectivity index (χ3n) is 6.38. The van der Waals surface area contributed by atoms with Crippen LogP contribution in [0.2, 0.25) is 0 Å². The van der Waals surface area contributed by atoms with Gasteiger partial charge in [0.05, 0.1) is 18.5 Å². The molecule has 0 saturated carbocycles. The Kier molecular flexibility index (Phi) is 5.41. The second kappa shape index (κ2) is 7.74. The minimum atomic E-state index is 0.103. The maximum atomic E-state index is 6.33. The maximum Gasteiger partial charge on any atom is 0.0922 e. The van der Waals surface area contributed by atoms with Crippen LogP contribution in [0, 0.1) is 5.92 Å². The van der Waals surface area contributed by atoms with Gasteiger partial charge in [0.25, 0.3) is 0 Å². The van der Waals surface area contributed by atoms with Gasteiger partial charge in [-0.1, -0.05) is 6.92 Å². The minimum Gasteiger partial charge on any atom is -0.372 e. The molecular weight excluding hydrogens is 314 g/mol. The van der Waals surface area contributed by atoms with Gasteiger partial charge in [0.2, 0.25) is 0 Å². The molecule has 1 aromatic rings. The molecule has 1 spiro atoms. The monoisotopic (exact) mass is 347 g/mol. The van der Waals surface area contributed by atoms with E-state index in [4.69, 9.17) is 4.74 Å². The lowest BCUT2D eigenvalue weighted by Crippen LogP contribution is -2.57. The molecule has 3 fully saturated rings. The molecule has 0 unspecified atom stereocenters. The number of likely N-dealkylation sites (tertiary alicyclic amines) is 2. The molecule has 4 rings (SSSR count). The lowest BCUT2D eigenvalue weighted by molar-refractivity contribution is -0.138. The first-order chi connectivity index (χ1) is 12.2. The fourth-order valence-corrected chi connectivity index (χ4v) is 4.83. The highest BCUT2D eigenvalue weighted by Gasteiger charge is 2.40. The lowest BCUT2D eigenvalue weighted by Gasteiger charge is -2.47. The van der Waals surface area contributed by atoms with Gasteiger partial charge in [0.1, 0.15) is 0 Å². The molecule has 1 N–H and O–H groups in total. The van der Waals surface area contributed by atoms with Crippen LogP contribution in [0.1, 0.15) is 31.9 Å². The summed E-state index contributed by atoms with van der Waals surface area (Å²) in [5.41, 5.74) is 1.31. The van der Waals surface area contributed by atoms with E-state index in [1.54, 1.807) is 6.33 Å². The molecule has 1 aromatic heterocycles. The van der Waals surface area contributed by atoms with Crippen LogP contribution in [0.25, 0.3) is 0 Å². The third kappa shape index (κ3) is 4.25. The van der Waals surface area contributed by atoms with Gasteiger partial charge < -0.3 is 14.6 Å². The number of H-pyrrole nitrogens is 1. The summed E-state index contributed by atoms with van der Waals surface area (Å²) < 4.78 is 6.33. The van der Waals surface area contributed by atoms with Gasteiger partial charge in [0.15, 0.2) is 0 Å². The van der Waals surface area contributed by atoms with Gasteiger partial charge in [-0.15, -0.1) is 0 Å². The highest BCUT2D eigenvalue weighted by atomic mass is 16.5. The predicted octanol–water partition coefficient (Wildman–Crippen LogP) is 1.42. The van der Waals surface area contributed by atoms with E-state index in [1.165, 1.54) is 38.3 Å². The number of nitrogens with zero attached hydrogens (tertiary/aromatic N) is 4. The van der Waals surface area contributed by atoms with Crippen molar-refractivity contribution in [3.63, 3.8) is 0 Å². The van der Waals surface area contributed by atoms with E-state index >= 15 is 0 Å². The van der Waals surface area contributed by atoms with E-state index in [0.29, 0.717) is 0 Å². The van der Waals surface area contributed by atoms with Gasteiger partial charge in [-0.05, 0) is 38.3 Å². The van der Waals surface area contributed by atoms with Gasteiger partial charge >= 0.3 is 0 Å². The standard InChI is InChI=1S/C19H33N5O/c1-2-22-6-3-17(12-22)13-24-9-10-25-19(15-24)4-7-23(8-5-19)14-18-11-20-16-21-18/h11,16-17H,2-10,12-15H2,1H3,(H,20,21)/t17-/m0/s1. The summed E-state index contributed by atoms with van der Waals surface area (Å²) in [7, 11) is 0. The maximum absolute atomic E-state index is 6.33. The van der Waals surface area contributed by atoms with Gasteiger partial charge in [-0.25, -0.2) is 4.98 Å². The second-order valence-electron chi connectivity index (χ2n) is 8.17. The Bertz CT molecular complexity index is 526. The average molecular weight is 348 g/mol. The van der Waals surface area contributed by atoms with Crippen molar-refractivity contribution in [3.8, 4) is 0 Å². The van der Waals surface area contributed by atoms with Gasteiger partial charge in [-0.2, -0.15) is 0 Å². The first kappa shape index (κ1) is 17.5. The molecule has 1 atom stereocenters. The van der Waals surface area contributed by atoms with E-state index in [-0.39, 0.29) is 5.60 Å². The largest absolute Gasteiger partial charge is 0.372 e. The normalized spacial score (nSPS) is 28.8. The number of rotatable bonds is 5. The van der Waals surface area contributed by atoms with Crippen LogP contribution in [0.4, 0.5) is 0 Å². The zero-order valence-corrected chi connectivity index (χ0v) is 15.6. The van der Waals surface area contributed by atoms with Gasteiger partial charge in [0, 0.05) is 57.7 Å². The molecule has 3 aliphatic heterocycles. The lowest BCUT2D eigenvalue weighted by atomic mass is 9.89. The number of hydrogen-bond donors (Lipinski definition) is 1. The van der Waals surface area contributed by atoms with Crippen molar-refractivity contribution in [3.05, 3.63) is 18.2 Å².